The molecular formula is C27H22Cl2N2O2. The molecule has 1 aromatic heterocycles. The van der Waals surface area contributed by atoms with Gasteiger partial charge in [0.05, 0.1) is 5.69 Å². The zero-order valence-corrected chi connectivity index (χ0v) is 19.7. The average Bonchev–Trinajstić information content (AvgIpc) is 2.78. The van der Waals surface area contributed by atoms with Crippen molar-refractivity contribution in [3.8, 4) is 11.3 Å². The Morgan fingerprint density at radius 1 is 0.879 bits per heavy atom. The highest BCUT2D eigenvalue weighted by molar-refractivity contribution is 6.31. The number of hydrogen-bond acceptors (Lipinski definition) is 2. The van der Waals surface area contributed by atoms with Gasteiger partial charge in [-0.05, 0) is 55.3 Å². The molecule has 0 spiro atoms. The Kier molecular flexibility index (Phi) is 6.68. The Morgan fingerprint density at radius 2 is 1.61 bits per heavy atom. The third-order valence-corrected chi connectivity index (χ3v) is 5.98. The van der Waals surface area contributed by atoms with Gasteiger partial charge in [0, 0.05) is 39.6 Å². The fourth-order valence-electron chi connectivity index (χ4n) is 3.80. The lowest BCUT2D eigenvalue weighted by Gasteiger charge is -2.21. The highest BCUT2D eigenvalue weighted by Gasteiger charge is 2.22. The highest BCUT2D eigenvalue weighted by Crippen LogP contribution is 2.28. The quantitative estimate of drug-likeness (QED) is 0.346. The molecule has 4 rings (SSSR count). The molecule has 4 nitrogen and oxygen atoms in total. The highest BCUT2D eigenvalue weighted by atomic mass is 35.5. The lowest BCUT2D eigenvalue weighted by Crippen LogP contribution is -2.27. The van der Waals surface area contributed by atoms with E-state index in [0.717, 1.165) is 16.8 Å². The van der Waals surface area contributed by atoms with Crippen molar-refractivity contribution < 1.29 is 4.79 Å². The molecule has 0 unspecified atom stereocenters. The van der Waals surface area contributed by atoms with Gasteiger partial charge in [-0.1, -0.05) is 65.7 Å². The summed E-state index contributed by atoms with van der Waals surface area (Å²) < 4.78 is 1.96. The summed E-state index contributed by atoms with van der Waals surface area (Å²) in [6.45, 7) is 4.21. The minimum Gasteiger partial charge on any atom is -0.340 e. The zero-order valence-electron chi connectivity index (χ0n) is 18.2. The lowest BCUT2D eigenvalue weighted by atomic mass is 10.0. The van der Waals surface area contributed by atoms with E-state index in [0.29, 0.717) is 33.5 Å². The molecule has 6 heteroatoms. The molecule has 33 heavy (non-hydrogen) atoms. The van der Waals surface area contributed by atoms with E-state index in [1.54, 1.807) is 18.2 Å². The van der Waals surface area contributed by atoms with Gasteiger partial charge < -0.3 is 9.88 Å². The molecule has 0 aliphatic heterocycles. The Morgan fingerprint density at radius 3 is 2.30 bits per heavy atom. The smallest absolute Gasteiger partial charge is 0.261 e. The van der Waals surface area contributed by atoms with Gasteiger partial charge in [-0.15, -0.1) is 0 Å². The molecule has 3 aromatic carbocycles. The molecular weight excluding hydrogens is 455 g/mol. The van der Waals surface area contributed by atoms with Gasteiger partial charge in [0.15, 0.2) is 5.43 Å². The number of hydrogen-bond donors (Lipinski definition) is 1. The molecule has 0 aliphatic rings. The van der Waals surface area contributed by atoms with Crippen LogP contribution >= 0.6 is 23.2 Å². The monoisotopic (exact) mass is 476 g/mol. The van der Waals surface area contributed by atoms with E-state index in [4.69, 9.17) is 23.2 Å². The molecule has 0 radical (unpaired) electrons. The van der Waals surface area contributed by atoms with Gasteiger partial charge >= 0.3 is 0 Å². The van der Waals surface area contributed by atoms with E-state index in [2.05, 4.69) is 5.32 Å². The summed E-state index contributed by atoms with van der Waals surface area (Å²) in [6.07, 6.45) is 0. The number of amides is 1. The topological polar surface area (TPSA) is 51.1 Å². The molecule has 1 N–H and O–H groups in total. The van der Waals surface area contributed by atoms with Gasteiger partial charge in [-0.25, -0.2) is 0 Å². The molecule has 0 bridgehead atoms. The molecule has 4 aromatic rings. The fourth-order valence-corrected chi connectivity index (χ4v) is 4.11. The normalized spacial score (nSPS) is 10.8. The number of rotatable bonds is 5. The van der Waals surface area contributed by atoms with Crippen molar-refractivity contribution in [1.29, 1.82) is 0 Å². The Balaban J connectivity index is 1.91. The SMILES string of the molecule is Cc1ccccc1NC(=O)c1c(-c2cccc(Cl)c2)n(Cc2ccc(Cl)cc2)c(C)cc1=O. The van der Waals surface area contributed by atoms with E-state index in [9.17, 15) is 9.59 Å². The van der Waals surface area contributed by atoms with E-state index in [-0.39, 0.29) is 11.0 Å². The zero-order chi connectivity index (χ0) is 23.5. The first-order valence-corrected chi connectivity index (χ1v) is 11.2. The molecule has 0 fully saturated rings. The number of nitrogens with one attached hydrogen (secondary N) is 1. The number of anilines is 1. The predicted molar refractivity (Wildman–Crippen MR) is 136 cm³/mol. The minimum absolute atomic E-state index is 0.0695. The lowest BCUT2D eigenvalue weighted by molar-refractivity contribution is 0.102. The van der Waals surface area contributed by atoms with Crippen LogP contribution in [-0.4, -0.2) is 10.5 Å². The van der Waals surface area contributed by atoms with Crippen molar-refractivity contribution in [1.82, 2.24) is 4.57 Å². The molecule has 166 valence electrons. The summed E-state index contributed by atoms with van der Waals surface area (Å²) in [6, 6.07) is 23.6. The van der Waals surface area contributed by atoms with Crippen molar-refractivity contribution in [3.05, 3.63) is 122 Å². The second-order valence-corrected chi connectivity index (χ2v) is 8.74. The number of nitrogens with zero attached hydrogens (tertiary/aromatic N) is 1. The van der Waals surface area contributed by atoms with Crippen LogP contribution in [0.15, 0.2) is 83.7 Å². The first kappa shape index (κ1) is 22.8. The largest absolute Gasteiger partial charge is 0.340 e. The molecule has 0 saturated heterocycles. The minimum atomic E-state index is -0.464. The number of carbonyl (C=O) groups is 1. The number of carbonyl (C=O) groups excluding carboxylic acids is 1. The summed E-state index contributed by atoms with van der Waals surface area (Å²) in [5, 5.41) is 4.07. The molecule has 0 atom stereocenters. The van der Waals surface area contributed by atoms with Crippen molar-refractivity contribution in [3.63, 3.8) is 0 Å². The second kappa shape index (κ2) is 9.65. The molecule has 1 heterocycles. The van der Waals surface area contributed by atoms with Gasteiger partial charge in [0.1, 0.15) is 5.56 Å². The molecule has 0 saturated carbocycles. The Labute approximate surface area is 202 Å². The third-order valence-electron chi connectivity index (χ3n) is 5.49. The van der Waals surface area contributed by atoms with Crippen molar-refractivity contribution in [2.24, 2.45) is 0 Å². The number of pyridine rings is 1. The summed E-state index contributed by atoms with van der Waals surface area (Å²) in [4.78, 5) is 26.6. The van der Waals surface area contributed by atoms with Crippen LogP contribution in [0.3, 0.4) is 0 Å². The van der Waals surface area contributed by atoms with Crippen molar-refractivity contribution >= 4 is 34.8 Å². The van der Waals surface area contributed by atoms with Crippen molar-refractivity contribution in [2.45, 2.75) is 20.4 Å². The van der Waals surface area contributed by atoms with Gasteiger partial charge in [-0.2, -0.15) is 0 Å². The van der Waals surface area contributed by atoms with E-state index in [1.165, 1.54) is 6.07 Å². The van der Waals surface area contributed by atoms with Crippen LogP contribution in [-0.2, 0) is 6.54 Å². The second-order valence-electron chi connectivity index (χ2n) is 7.87. The van der Waals surface area contributed by atoms with Crippen LogP contribution < -0.4 is 10.7 Å². The number of aromatic nitrogens is 1. The summed E-state index contributed by atoms with van der Waals surface area (Å²) >= 11 is 12.3. The number of benzene rings is 3. The van der Waals surface area contributed by atoms with Gasteiger partial charge in [0.25, 0.3) is 5.91 Å². The Hall–Kier alpha value is -3.34. The first-order valence-electron chi connectivity index (χ1n) is 10.5. The maximum atomic E-state index is 13.5. The maximum Gasteiger partial charge on any atom is 0.261 e. The standard InChI is InChI=1S/C27H22Cl2N2O2/c1-17-6-3-4-9-23(17)30-27(33)25-24(32)14-18(2)31(16-19-10-12-21(28)13-11-19)26(25)20-7-5-8-22(29)15-20/h3-15H,16H2,1-2H3,(H,30,33). The summed E-state index contributed by atoms with van der Waals surface area (Å²) in [5.41, 5.74) is 4.21. The van der Waals surface area contributed by atoms with Gasteiger partial charge in [-0.3, -0.25) is 9.59 Å². The van der Waals surface area contributed by atoms with Crippen LogP contribution in [0.2, 0.25) is 10.0 Å². The summed E-state index contributed by atoms with van der Waals surface area (Å²) in [7, 11) is 0. The molecule has 1 amide bonds. The maximum absolute atomic E-state index is 13.5. The van der Waals surface area contributed by atoms with E-state index < -0.39 is 5.91 Å². The predicted octanol–water partition coefficient (Wildman–Crippen LogP) is 6.74. The number of para-hydroxylation sites is 1. The summed E-state index contributed by atoms with van der Waals surface area (Å²) in [5.74, 6) is -0.464. The van der Waals surface area contributed by atoms with Gasteiger partial charge in [0.2, 0.25) is 0 Å². The fraction of sp³-hybridized carbons (Fsp3) is 0.111. The molecule has 0 aliphatic carbocycles. The van der Waals surface area contributed by atoms with Crippen molar-refractivity contribution in [2.75, 3.05) is 5.32 Å². The number of aryl methyl sites for hydroxylation is 2. The Bertz CT molecular complexity index is 1390. The van der Waals surface area contributed by atoms with Crippen LogP contribution in [0.5, 0.6) is 0 Å². The van der Waals surface area contributed by atoms with Crippen LogP contribution in [0.1, 0.15) is 27.2 Å². The van der Waals surface area contributed by atoms with E-state index >= 15 is 0 Å². The van der Waals surface area contributed by atoms with E-state index in [1.807, 2.05) is 73.0 Å². The number of halogens is 2. The van der Waals surface area contributed by atoms with Crippen LogP contribution in [0.25, 0.3) is 11.3 Å². The van der Waals surface area contributed by atoms with Crippen LogP contribution in [0.4, 0.5) is 5.69 Å². The average molecular weight is 477 g/mol. The third kappa shape index (κ3) is 5.03. The van der Waals surface area contributed by atoms with Crippen LogP contribution in [0, 0.1) is 13.8 Å². The first-order chi connectivity index (χ1) is 15.8.